The molecule has 0 bridgehead atoms. The van der Waals surface area contributed by atoms with Gasteiger partial charge in [0, 0.05) is 13.1 Å². The maximum absolute atomic E-state index is 12.2. The molecule has 0 atom stereocenters. The fourth-order valence-electron chi connectivity index (χ4n) is 3.03. The van der Waals surface area contributed by atoms with Crippen molar-refractivity contribution in [2.24, 2.45) is 0 Å². The van der Waals surface area contributed by atoms with Gasteiger partial charge in [-0.1, -0.05) is 30.0 Å². The lowest BCUT2D eigenvalue weighted by atomic mass is 10.1. The molecule has 7 heteroatoms. The van der Waals surface area contributed by atoms with Gasteiger partial charge in [-0.2, -0.15) is 0 Å². The molecule has 0 fully saturated rings. The average Bonchev–Trinajstić information content (AvgIpc) is 3.09. The Labute approximate surface area is 169 Å². The summed E-state index contributed by atoms with van der Waals surface area (Å²) in [5.74, 6) is 1.74. The number of nitrogens with zero attached hydrogens (tertiary/aromatic N) is 2. The van der Waals surface area contributed by atoms with E-state index < -0.39 is 0 Å². The van der Waals surface area contributed by atoms with E-state index in [0.717, 1.165) is 34.7 Å². The highest BCUT2D eigenvalue weighted by atomic mass is 32.2. The molecule has 28 heavy (non-hydrogen) atoms. The van der Waals surface area contributed by atoms with E-state index >= 15 is 0 Å². The lowest BCUT2D eigenvalue weighted by Crippen LogP contribution is -2.27. The molecule has 0 radical (unpaired) electrons. The van der Waals surface area contributed by atoms with E-state index in [4.69, 9.17) is 9.47 Å². The molecule has 1 amide bonds. The molecule has 3 aromatic rings. The summed E-state index contributed by atoms with van der Waals surface area (Å²) < 4.78 is 12.7. The van der Waals surface area contributed by atoms with Crippen molar-refractivity contribution in [3.8, 4) is 11.5 Å². The van der Waals surface area contributed by atoms with Crippen molar-refractivity contribution in [2.75, 3.05) is 26.5 Å². The third-order valence-corrected chi connectivity index (χ3v) is 5.43. The maximum Gasteiger partial charge on any atom is 0.230 e. The van der Waals surface area contributed by atoms with Crippen LogP contribution in [-0.4, -0.2) is 42.0 Å². The van der Waals surface area contributed by atoms with Crippen molar-refractivity contribution in [2.45, 2.75) is 25.0 Å². The van der Waals surface area contributed by atoms with Gasteiger partial charge in [0.2, 0.25) is 5.91 Å². The Bertz CT molecular complexity index is 955. The second-order valence-corrected chi connectivity index (χ2v) is 7.15. The van der Waals surface area contributed by atoms with Gasteiger partial charge in [-0.25, -0.2) is 4.98 Å². The minimum absolute atomic E-state index is 0.000172. The van der Waals surface area contributed by atoms with Crippen molar-refractivity contribution in [3.63, 3.8) is 0 Å². The van der Waals surface area contributed by atoms with Gasteiger partial charge in [-0.3, -0.25) is 4.79 Å². The molecule has 0 aliphatic heterocycles. The second kappa shape index (κ2) is 9.50. The Kier molecular flexibility index (Phi) is 6.81. The number of methoxy groups -OCH3 is 2. The molecule has 1 heterocycles. The van der Waals surface area contributed by atoms with Crippen LogP contribution in [0.25, 0.3) is 11.0 Å². The minimum atomic E-state index is 0.000172. The maximum atomic E-state index is 12.2. The highest BCUT2D eigenvalue weighted by molar-refractivity contribution is 7.99. The third kappa shape index (κ3) is 4.59. The molecule has 0 spiro atoms. The van der Waals surface area contributed by atoms with E-state index in [1.807, 2.05) is 36.4 Å². The van der Waals surface area contributed by atoms with Gasteiger partial charge < -0.3 is 19.4 Å². The van der Waals surface area contributed by atoms with Crippen LogP contribution in [0.4, 0.5) is 0 Å². The van der Waals surface area contributed by atoms with Gasteiger partial charge in [0.15, 0.2) is 16.7 Å². The zero-order valence-electron chi connectivity index (χ0n) is 16.4. The third-order valence-electron chi connectivity index (χ3n) is 4.45. The quantitative estimate of drug-likeness (QED) is 0.558. The molecule has 6 nitrogen and oxygen atoms in total. The van der Waals surface area contributed by atoms with Gasteiger partial charge >= 0.3 is 0 Å². The summed E-state index contributed by atoms with van der Waals surface area (Å²) in [6.45, 7) is 3.48. The summed E-state index contributed by atoms with van der Waals surface area (Å²) in [6, 6.07) is 13.8. The fraction of sp³-hybridized carbons (Fsp3) is 0.333. The van der Waals surface area contributed by atoms with Crippen molar-refractivity contribution in [1.82, 2.24) is 14.9 Å². The van der Waals surface area contributed by atoms with E-state index in [0.29, 0.717) is 23.8 Å². The minimum Gasteiger partial charge on any atom is -0.493 e. The van der Waals surface area contributed by atoms with E-state index in [9.17, 15) is 4.79 Å². The number of imidazole rings is 1. The Balaban J connectivity index is 1.51. The molecule has 0 saturated carbocycles. The SMILES string of the molecule is CCn1c(SCC(=O)NCCc2ccc(OC)c(OC)c2)nc2ccccc21. The monoisotopic (exact) mass is 399 g/mol. The first-order valence-corrected chi connectivity index (χ1v) is 10.2. The number of rotatable bonds is 9. The van der Waals surface area contributed by atoms with Crippen LogP contribution in [-0.2, 0) is 17.8 Å². The molecule has 0 saturated heterocycles. The standard InChI is InChI=1S/C21H25N3O3S/c1-4-24-17-8-6-5-7-16(17)23-21(24)28-14-20(25)22-12-11-15-9-10-18(26-2)19(13-15)27-3/h5-10,13H,4,11-12,14H2,1-3H3,(H,22,25). The van der Waals surface area contributed by atoms with Crippen molar-refractivity contribution in [3.05, 3.63) is 48.0 Å². The topological polar surface area (TPSA) is 65.4 Å². The summed E-state index contributed by atoms with van der Waals surface area (Å²) in [5, 5.41) is 3.84. The predicted octanol–water partition coefficient (Wildman–Crippen LogP) is 3.52. The smallest absolute Gasteiger partial charge is 0.230 e. The molecule has 3 rings (SSSR count). The second-order valence-electron chi connectivity index (χ2n) is 6.21. The molecule has 0 aliphatic carbocycles. The summed E-state index contributed by atoms with van der Waals surface area (Å²) in [4.78, 5) is 16.9. The van der Waals surface area contributed by atoms with Gasteiger partial charge in [0.25, 0.3) is 0 Å². The number of hydrogen-bond donors (Lipinski definition) is 1. The van der Waals surface area contributed by atoms with Crippen molar-refractivity contribution < 1.29 is 14.3 Å². The molecule has 148 valence electrons. The van der Waals surface area contributed by atoms with Gasteiger partial charge in [-0.05, 0) is 43.2 Å². The number of thioether (sulfide) groups is 1. The summed E-state index contributed by atoms with van der Waals surface area (Å²) in [5.41, 5.74) is 3.14. The Hall–Kier alpha value is -2.67. The van der Waals surface area contributed by atoms with Crippen LogP contribution in [0.5, 0.6) is 11.5 Å². The summed E-state index contributed by atoms with van der Waals surface area (Å²) in [6.07, 6.45) is 0.726. The zero-order chi connectivity index (χ0) is 19.9. The summed E-state index contributed by atoms with van der Waals surface area (Å²) in [7, 11) is 3.23. The molecule has 1 N–H and O–H groups in total. The largest absolute Gasteiger partial charge is 0.493 e. The van der Waals surface area contributed by atoms with Crippen LogP contribution in [0.15, 0.2) is 47.6 Å². The van der Waals surface area contributed by atoms with Crippen LogP contribution in [0.3, 0.4) is 0 Å². The van der Waals surface area contributed by atoms with E-state index in [1.165, 1.54) is 11.8 Å². The Morgan fingerprint density at radius 2 is 1.93 bits per heavy atom. The van der Waals surface area contributed by atoms with Crippen LogP contribution in [0.2, 0.25) is 0 Å². The number of carbonyl (C=O) groups is 1. The van der Waals surface area contributed by atoms with E-state index in [-0.39, 0.29) is 5.91 Å². The Morgan fingerprint density at radius 1 is 1.14 bits per heavy atom. The number of benzene rings is 2. The molecule has 2 aromatic carbocycles. The van der Waals surface area contributed by atoms with Crippen molar-refractivity contribution in [1.29, 1.82) is 0 Å². The number of fused-ring (bicyclic) bond motifs is 1. The lowest BCUT2D eigenvalue weighted by Gasteiger charge is -2.10. The van der Waals surface area contributed by atoms with Gasteiger partial charge in [0.05, 0.1) is 31.0 Å². The van der Waals surface area contributed by atoms with Crippen LogP contribution in [0.1, 0.15) is 12.5 Å². The molecular weight excluding hydrogens is 374 g/mol. The van der Waals surface area contributed by atoms with E-state index in [1.54, 1.807) is 14.2 Å². The first kappa shape index (κ1) is 20.1. The first-order chi connectivity index (χ1) is 13.7. The number of ether oxygens (including phenoxy) is 2. The van der Waals surface area contributed by atoms with Crippen LogP contribution in [0, 0.1) is 0 Å². The van der Waals surface area contributed by atoms with Gasteiger partial charge in [-0.15, -0.1) is 0 Å². The Morgan fingerprint density at radius 3 is 2.68 bits per heavy atom. The van der Waals surface area contributed by atoms with E-state index in [2.05, 4.69) is 27.9 Å². The lowest BCUT2D eigenvalue weighted by molar-refractivity contribution is -0.118. The normalized spacial score (nSPS) is 10.8. The predicted molar refractivity (Wildman–Crippen MR) is 112 cm³/mol. The number of para-hydroxylation sites is 2. The van der Waals surface area contributed by atoms with Crippen LogP contribution < -0.4 is 14.8 Å². The highest BCUT2D eigenvalue weighted by Crippen LogP contribution is 2.27. The first-order valence-electron chi connectivity index (χ1n) is 9.22. The highest BCUT2D eigenvalue weighted by Gasteiger charge is 2.12. The molecule has 0 aliphatic rings. The molecule has 0 unspecified atom stereocenters. The fourth-order valence-corrected chi connectivity index (χ4v) is 3.94. The summed E-state index contributed by atoms with van der Waals surface area (Å²) >= 11 is 1.47. The number of aryl methyl sites for hydroxylation is 1. The number of aromatic nitrogens is 2. The molecule has 1 aromatic heterocycles. The number of nitrogens with one attached hydrogen (secondary N) is 1. The van der Waals surface area contributed by atoms with Crippen molar-refractivity contribution >= 4 is 28.7 Å². The number of amides is 1. The van der Waals surface area contributed by atoms with Crippen LogP contribution >= 0.6 is 11.8 Å². The average molecular weight is 400 g/mol. The molecular formula is C21H25N3O3S. The number of hydrogen-bond acceptors (Lipinski definition) is 5. The zero-order valence-corrected chi connectivity index (χ0v) is 17.2. The van der Waals surface area contributed by atoms with Gasteiger partial charge in [0.1, 0.15) is 0 Å². The number of carbonyl (C=O) groups excluding carboxylic acids is 1.